The fourth-order valence-electron chi connectivity index (χ4n) is 2.55. The van der Waals surface area contributed by atoms with Gasteiger partial charge in [-0.05, 0) is 43.5 Å². The van der Waals surface area contributed by atoms with Gasteiger partial charge in [-0.1, -0.05) is 35.2 Å². The van der Waals surface area contributed by atoms with Crippen LogP contribution in [0.5, 0.6) is 0 Å². The fourth-order valence-corrected chi connectivity index (χ4v) is 2.80. The predicted molar refractivity (Wildman–Crippen MR) is 81.2 cm³/mol. The fraction of sp³-hybridized carbons (Fsp3) is 0.533. The molecule has 4 heteroatoms. The first kappa shape index (κ1) is 14.5. The first-order valence-electron chi connectivity index (χ1n) is 6.90. The molecule has 19 heavy (non-hydrogen) atoms. The first-order valence-corrected chi connectivity index (χ1v) is 7.70. The van der Waals surface area contributed by atoms with E-state index in [1.165, 1.54) is 12.8 Å². The minimum absolute atomic E-state index is 0.0158. The van der Waals surface area contributed by atoms with Gasteiger partial charge in [-0.3, -0.25) is 4.79 Å². The molecule has 1 amide bonds. The Morgan fingerprint density at radius 1 is 1.32 bits per heavy atom. The number of halogens is 1. The van der Waals surface area contributed by atoms with Crippen LogP contribution in [0.4, 0.5) is 0 Å². The summed E-state index contributed by atoms with van der Waals surface area (Å²) in [7, 11) is 0. The molecule has 0 saturated heterocycles. The molecule has 1 aliphatic rings. The van der Waals surface area contributed by atoms with E-state index in [0.717, 1.165) is 29.3 Å². The summed E-state index contributed by atoms with van der Waals surface area (Å²) in [5.41, 5.74) is 7.91. The molecule has 1 aromatic carbocycles. The second-order valence-electron chi connectivity index (χ2n) is 5.35. The Balaban J connectivity index is 2.05. The number of nitrogens with two attached hydrogens (primary N) is 1. The van der Waals surface area contributed by atoms with Crippen molar-refractivity contribution in [2.24, 2.45) is 5.73 Å². The molecule has 0 radical (unpaired) electrons. The number of hydrogen-bond donors (Lipinski definition) is 2. The first-order chi connectivity index (χ1) is 9.08. The van der Waals surface area contributed by atoms with E-state index >= 15 is 0 Å². The molecule has 2 atom stereocenters. The van der Waals surface area contributed by atoms with Gasteiger partial charge in [0.05, 0.1) is 0 Å². The van der Waals surface area contributed by atoms with E-state index in [9.17, 15) is 4.79 Å². The van der Waals surface area contributed by atoms with Gasteiger partial charge in [0.2, 0.25) is 0 Å². The normalized spacial score (nSPS) is 23.7. The van der Waals surface area contributed by atoms with Crippen molar-refractivity contribution in [2.75, 3.05) is 0 Å². The smallest absolute Gasteiger partial charge is 0.251 e. The lowest BCUT2D eigenvalue weighted by atomic mass is 10.0. The number of aryl methyl sites for hydroxylation is 1. The Morgan fingerprint density at radius 2 is 2.05 bits per heavy atom. The van der Waals surface area contributed by atoms with Gasteiger partial charge in [0.25, 0.3) is 5.91 Å². The lowest BCUT2D eigenvalue weighted by molar-refractivity contribution is 0.0928. The molecule has 2 unspecified atom stereocenters. The van der Waals surface area contributed by atoms with Crippen LogP contribution in [-0.2, 0) is 0 Å². The largest absolute Gasteiger partial charge is 0.348 e. The van der Waals surface area contributed by atoms with Crippen LogP contribution in [0.15, 0.2) is 22.7 Å². The van der Waals surface area contributed by atoms with E-state index < -0.39 is 0 Å². The Bertz CT molecular complexity index is 461. The van der Waals surface area contributed by atoms with E-state index in [1.54, 1.807) is 0 Å². The molecule has 1 aromatic rings. The monoisotopic (exact) mass is 324 g/mol. The van der Waals surface area contributed by atoms with Crippen molar-refractivity contribution in [3.8, 4) is 0 Å². The molecule has 0 aliphatic heterocycles. The van der Waals surface area contributed by atoms with E-state index in [2.05, 4.69) is 21.2 Å². The number of benzene rings is 1. The highest BCUT2D eigenvalue weighted by molar-refractivity contribution is 9.10. The summed E-state index contributed by atoms with van der Waals surface area (Å²) < 4.78 is 1.02. The van der Waals surface area contributed by atoms with Crippen LogP contribution in [0.2, 0.25) is 0 Å². The Morgan fingerprint density at radius 3 is 2.79 bits per heavy atom. The topological polar surface area (TPSA) is 55.1 Å². The lowest BCUT2D eigenvalue weighted by Crippen LogP contribution is -2.46. The van der Waals surface area contributed by atoms with Crippen molar-refractivity contribution in [3.63, 3.8) is 0 Å². The summed E-state index contributed by atoms with van der Waals surface area (Å²) >= 11 is 3.45. The highest BCUT2D eigenvalue weighted by Gasteiger charge is 2.22. The van der Waals surface area contributed by atoms with Gasteiger partial charge in [-0.2, -0.15) is 0 Å². The molecule has 1 saturated carbocycles. The average Bonchev–Trinajstić information content (AvgIpc) is 2.58. The van der Waals surface area contributed by atoms with Crippen LogP contribution < -0.4 is 11.1 Å². The number of hydrogen-bond acceptors (Lipinski definition) is 2. The SMILES string of the molecule is Cc1cc(C(=O)NC2CCCCCC2N)ccc1Br. The van der Waals surface area contributed by atoms with Gasteiger partial charge >= 0.3 is 0 Å². The van der Waals surface area contributed by atoms with Crippen LogP contribution in [0.1, 0.15) is 48.0 Å². The quantitative estimate of drug-likeness (QED) is 0.821. The maximum absolute atomic E-state index is 12.3. The summed E-state index contributed by atoms with van der Waals surface area (Å²) in [6.07, 6.45) is 5.53. The molecule has 1 aliphatic carbocycles. The average molecular weight is 325 g/mol. The highest BCUT2D eigenvalue weighted by atomic mass is 79.9. The molecule has 3 nitrogen and oxygen atoms in total. The van der Waals surface area contributed by atoms with Crippen molar-refractivity contribution in [3.05, 3.63) is 33.8 Å². The van der Waals surface area contributed by atoms with Crippen LogP contribution in [-0.4, -0.2) is 18.0 Å². The third-order valence-corrected chi connectivity index (χ3v) is 4.70. The third-order valence-electron chi connectivity index (χ3n) is 3.81. The van der Waals surface area contributed by atoms with Gasteiger partial charge in [0.15, 0.2) is 0 Å². The van der Waals surface area contributed by atoms with Crippen molar-refractivity contribution < 1.29 is 4.79 Å². The van der Waals surface area contributed by atoms with Gasteiger partial charge in [0, 0.05) is 22.1 Å². The third kappa shape index (κ3) is 3.80. The highest BCUT2D eigenvalue weighted by Crippen LogP contribution is 2.19. The van der Waals surface area contributed by atoms with E-state index in [1.807, 2.05) is 25.1 Å². The summed E-state index contributed by atoms with van der Waals surface area (Å²) in [5.74, 6) is -0.0158. The molecule has 0 spiro atoms. The second kappa shape index (κ2) is 6.53. The zero-order valence-electron chi connectivity index (χ0n) is 11.3. The second-order valence-corrected chi connectivity index (χ2v) is 6.20. The minimum Gasteiger partial charge on any atom is -0.348 e. The summed E-state index contributed by atoms with van der Waals surface area (Å²) in [4.78, 5) is 12.3. The van der Waals surface area contributed by atoms with Gasteiger partial charge < -0.3 is 11.1 Å². The predicted octanol–water partition coefficient (Wildman–Crippen LogP) is 3.15. The van der Waals surface area contributed by atoms with Crippen molar-refractivity contribution >= 4 is 21.8 Å². The standard InChI is InChI=1S/C15H21BrN2O/c1-10-9-11(7-8-12(10)16)15(19)18-14-6-4-2-3-5-13(14)17/h7-9,13-14H,2-6,17H2,1H3,(H,18,19). The van der Waals surface area contributed by atoms with E-state index in [0.29, 0.717) is 5.56 Å². The summed E-state index contributed by atoms with van der Waals surface area (Å²) in [6.45, 7) is 1.98. The van der Waals surface area contributed by atoms with Crippen LogP contribution in [0.25, 0.3) is 0 Å². The molecular formula is C15H21BrN2O. The van der Waals surface area contributed by atoms with E-state index in [4.69, 9.17) is 5.73 Å². The molecule has 0 heterocycles. The zero-order valence-corrected chi connectivity index (χ0v) is 12.9. The van der Waals surface area contributed by atoms with E-state index in [-0.39, 0.29) is 18.0 Å². The Labute approximate surface area is 123 Å². The molecule has 0 bridgehead atoms. The number of carbonyl (C=O) groups excluding carboxylic acids is 1. The van der Waals surface area contributed by atoms with Crippen LogP contribution >= 0.6 is 15.9 Å². The van der Waals surface area contributed by atoms with Gasteiger partial charge in [-0.15, -0.1) is 0 Å². The lowest BCUT2D eigenvalue weighted by Gasteiger charge is -2.22. The molecule has 0 aromatic heterocycles. The Hall–Kier alpha value is -0.870. The van der Waals surface area contributed by atoms with Gasteiger partial charge in [-0.25, -0.2) is 0 Å². The summed E-state index contributed by atoms with van der Waals surface area (Å²) in [6, 6.07) is 5.86. The molecule has 1 fully saturated rings. The number of amides is 1. The van der Waals surface area contributed by atoms with Crippen molar-refractivity contribution in [1.29, 1.82) is 0 Å². The summed E-state index contributed by atoms with van der Waals surface area (Å²) in [5, 5.41) is 3.09. The Kier molecular flexibility index (Phi) is 4.99. The van der Waals surface area contributed by atoms with Crippen LogP contribution in [0, 0.1) is 6.92 Å². The maximum Gasteiger partial charge on any atom is 0.251 e. The minimum atomic E-state index is -0.0158. The number of rotatable bonds is 2. The van der Waals surface area contributed by atoms with Crippen molar-refractivity contribution in [1.82, 2.24) is 5.32 Å². The molecular weight excluding hydrogens is 304 g/mol. The molecule has 104 valence electrons. The number of carbonyl (C=O) groups is 1. The van der Waals surface area contributed by atoms with Crippen LogP contribution in [0.3, 0.4) is 0 Å². The van der Waals surface area contributed by atoms with Crippen molar-refractivity contribution in [2.45, 2.75) is 51.1 Å². The zero-order chi connectivity index (χ0) is 13.8. The van der Waals surface area contributed by atoms with Gasteiger partial charge in [0.1, 0.15) is 0 Å². The maximum atomic E-state index is 12.3. The number of nitrogens with one attached hydrogen (secondary N) is 1. The molecule has 2 rings (SSSR count). The molecule has 3 N–H and O–H groups in total.